The van der Waals surface area contributed by atoms with Crippen LogP contribution in [0.4, 0.5) is 0 Å². The summed E-state index contributed by atoms with van der Waals surface area (Å²) in [6.45, 7) is 3.90. The van der Waals surface area contributed by atoms with Gasteiger partial charge in [-0.25, -0.2) is 0 Å². The molecule has 0 bridgehead atoms. The summed E-state index contributed by atoms with van der Waals surface area (Å²) in [5, 5.41) is 0. The van der Waals surface area contributed by atoms with Crippen molar-refractivity contribution in [2.24, 2.45) is 0 Å². The second kappa shape index (κ2) is 6.14. The highest BCUT2D eigenvalue weighted by Crippen LogP contribution is 1.91. The SMILES string of the molecule is C\C=C/C=C\C=C(/C)OC. The van der Waals surface area contributed by atoms with E-state index in [1.54, 1.807) is 7.11 Å². The molecule has 0 spiro atoms. The van der Waals surface area contributed by atoms with Gasteiger partial charge >= 0.3 is 0 Å². The van der Waals surface area contributed by atoms with Crippen molar-refractivity contribution in [3.8, 4) is 0 Å². The predicted octanol–water partition coefficient (Wildman–Crippen LogP) is 2.67. The molecular weight excluding hydrogens is 124 g/mol. The normalized spacial score (nSPS) is 13.3. The van der Waals surface area contributed by atoms with Crippen molar-refractivity contribution in [3.05, 3.63) is 36.1 Å². The second-order valence-corrected chi connectivity index (χ2v) is 1.89. The van der Waals surface area contributed by atoms with E-state index < -0.39 is 0 Å². The van der Waals surface area contributed by atoms with Crippen molar-refractivity contribution < 1.29 is 4.74 Å². The molecule has 0 N–H and O–H groups in total. The fourth-order valence-electron chi connectivity index (χ4n) is 0.434. The van der Waals surface area contributed by atoms with E-state index in [0.717, 1.165) is 5.76 Å². The summed E-state index contributed by atoms with van der Waals surface area (Å²) in [5.74, 6) is 0.917. The lowest BCUT2D eigenvalue weighted by Gasteiger charge is -1.92. The molecule has 0 saturated carbocycles. The van der Waals surface area contributed by atoms with Crippen LogP contribution in [0.15, 0.2) is 36.1 Å². The summed E-state index contributed by atoms with van der Waals surface area (Å²) in [6.07, 6.45) is 9.77. The number of methoxy groups -OCH3 is 1. The lowest BCUT2D eigenvalue weighted by molar-refractivity contribution is 0.294. The first kappa shape index (κ1) is 9.02. The Morgan fingerprint density at radius 1 is 1.20 bits per heavy atom. The maximum Gasteiger partial charge on any atom is 0.0924 e. The van der Waals surface area contributed by atoms with E-state index in [4.69, 9.17) is 4.74 Å². The molecule has 0 aromatic heterocycles. The Morgan fingerprint density at radius 2 is 1.90 bits per heavy atom. The van der Waals surface area contributed by atoms with Gasteiger partial charge in [0.1, 0.15) is 0 Å². The molecule has 0 saturated heterocycles. The average Bonchev–Trinajstić information content (AvgIpc) is 1.98. The number of ether oxygens (including phenoxy) is 1. The summed E-state index contributed by atoms with van der Waals surface area (Å²) in [6, 6.07) is 0. The zero-order chi connectivity index (χ0) is 7.82. The summed E-state index contributed by atoms with van der Waals surface area (Å²) in [5.41, 5.74) is 0. The highest BCUT2D eigenvalue weighted by molar-refractivity contribution is 5.12. The smallest absolute Gasteiger partial charge is 0.0924 e. The highest BCUT2D eigenvalue weighted by atomic mass is 16.5. The minimum atomic E-state index is 0.917. The Labute approximate surface area is 62.7 Å². The Kier molecular flexibility index (Phi) is 5.54. The monoisotopic (exact) mass is 138 g/mol. The minimum absolute atomic E-state index is 0.917. The van der Waals surface area contributed by atoms with Gasteiger partial charge in [-0.05, 0) is 19.9 Å². The molecule has 0 aliphatic carbocycles. The van der Waals surface area contributed by atoms with Crippen molar-refractivity contribution in [2.45, 2.75) is 13.8 Å². The summed E-state index contributed by atoms with van der Waals surface area (Å²) in [4.78, 5) is 0. The van der Waals surface area contributed by atoms with Gasteiger partial charge in [-0.2, -0.15) is 0 Å². The fraction of sp³-hybridized carbons (Fsp3) is 0.333. The second-order valence-electron chi connectivity index (χ2n) is 1.89. The van der Waals surface area contributed by atoms with Crippen molar-refractivity contribution in [3.63, 3.8) is 0 Å². The van der Waals surface area contributed by atoms with Crippen LogP contribution in [0.3, 0.4) is 0 Å². The van der Waals surface area contributed by atoms with Crippen LogP contribution >= 0.6 is 0 Å². The third-order valence-corrected chi connectivity index (χ3v) is 1.07. The van der Waals surface area contributed by atoms with Crippen LogP contribution in [-0.2, 0) is 4.74 Å². The Bertz CT molecular complexity index is 152. The Morgan fingerprint density at radius 3 is 2.40 bits per heavy atom. The van der Waals surface area contributed by atoms with Crippen LogP contribution in [0.5, 0.6) is 0 Å². The molecule has 10 heavy (non-hydrogen) atoms. The first-order valence-electron chi connectivity index (χ1n) is 3.31. The fourth-order valence-corrected chi connectivity index (χ4v) is 0.434. The molecule has 56 valence electrons. The molecule has 0 aromatic carbocycles. The van der Waals surface area contributed by atoms with Crippen molar-refractivity contribution in [1.82, 2.24) is 0 Å². The van der Waals surface area contributed by atoms with E-state index in [9.17, 15) is 0 Å². The minimum Gasteiger partial charge on any atom is -0.501 e. The van der Waals surface area contributed by atoms with Crippen molar-refractivity contribution >= 4 is 0 Å². The molecule has 0 amide bonds. The van der Waals surface area contributed by atoms with E-state index in [1.165, 1.54) is 0 Å². The van der Waals surface area contributed by atoms with Crippen LogP contribution in [-0.4, -0.2) is 7.11 Å². The predicted molar refractivity (Wildman–Crippen MR) is 44.7 cm³/mol. The molecule has 0 atom stereocenters. The van der Waals surface area contributed by atoms with Gasteiger partial charge in [0.05, 0.1) is 12.9 Å². The largest absolute Gasteiger partial charge is 0.501 e. The first-order valence-corrected chi connectivity index (χ1v) is 3.31. The number of rotatable bonds is 3. The van der Waals surface area contributed by atoms with Gasteiger partial charge in [-0.3, -0.25) is 0 Å². The molecule has 0 unspecified atom stereocenters. The van der Waals surface area contributed by atoms with Crippen LogP contribution in [0.25, 0.3) is 0 Å². The van der Waals surface area contributed by atoms with Crippen LogP contribution in [0, 0.1) is 0 Å². The molecule has 0 aromatic rings. The highest BCUT2D eigenvalue weighted by Gasteiger charge is 1.75. The summed E-state index contributed by atoms with van der Waals surface area (Å²) in [7, 11) is 1.66. The molecule has 0 aliphatic heterocycles. The summed E-state index contributed by atoms with van der Waals surface area (Å²) >= 11 is 0. The quantitative estimate of drug-likeness (QED) is 0.430. The lowest BCUT2D eigenvalue weighted by Crippen LogP contribution is -1.75. The third-order valence-electron chi connectivity index (χ3n) is 1.07. The van der Waals surface area contributed by atoms with Crippen LogP contribution in [0.1, 0.15) is 13.8 Å². The van der Waals surface area contributed by atoms with Gasteiger partial charge in [-0.1, -0.05) is 24.3 Å². The topological polar surface area (TPSA) is 9.23 Å². The lowest BCUT2D eigenvalue weighted by atomic mass is 10.4. The molecule has 1 heteroatoms. The number of allylic oxidation sites excluding steroid dienone is 6. The van der Waals surface area contributed by atoms with E-state index >= 15 is 0 Å². The van der Waals surface area contributed by atoms with E-state index in [-0.39, 0.29) is 0 Å². The first-order chi connectivity index (χ1) is 4.81. The maximum atomic E-state index is 4.92. The zero-order valence-corrected chi connectivity index (χ0v) is 6.79. The standard InChI is InChI=1S/C9H14O/c1-4-5-6-7-8-9(2)10-3/h4-8H,1-3H3/b5-4-,7-6-,9-8+. The van der Waals surface area contributed by atoms with Gasteiger partial charge in [0.2, 0.25) is 0 Å². The Hall–Kier alpha value is -0.980. The number of hydrogen-bond acceptors (Lipinski definition) is 1. The van der Waals surface area contributed by atoms with Crippen molar-refractivity contribution in [2.75, 3.05) is 7.11 Å². The van der Waals surface area contributed by atoms with Gasteiger partial charge < -0.3 is 4.74 Å². The van der Waals surface area contributed by atoms with Gasteiger partial charge in [0.25, 0.3) is 0 Å². The van der Waals surface area contributed by atoms with Gasteiger partial charge in [-0.15, -0.1) is 0 Å². The molecule has 0 radical (unpaired) electrons. The zero-order valence-electron chi connectivity index (χ0n) is 6.79. The summed E-state index contributed by atoms with van der Waals surface area (Å²) < 4.78 is 4.92. The van der Waals surface area contributed by atoms with E-state index in [1.807, 2.05) is 44.2 Å². The van der Waals surface area contributed by atoms with Gasteiger partial charge in [0.15, 0.2) is 0 Å². The maximum absolute atomic E-state index is 4.92. The molecular formula is C9H14O. The molecule has 0 rings (SSSR count). The molecule has 0 heterocycles. The van der Waals surface area contributed by atoms with Crippen LogP contribution < -0.4 is 0 Å². The molecule has 0 aliphatic rings. The number of hydrogen-bond donors (Lipinski definition) is 0. The van der Waals surface area contributed by atoms with Crippen molar-refractivity contribution in [1.29, 1.82) is 0 Å². The van der Waals surface area contributed by atoms with Gasteiger partial charge in [0, 0.05) is 0 Å². The van der Waals surface area contributed by atoms with E-state index in [2.05, 4.69) is 0 Å². The van der Waals surface area contributed by atoms with E-state index in [0.29, 0.717) is 0 Å². The third kappa shape index (κ3) is 5.16. The Balaban J connectivity index is 3.70. The average molecular weight is 138 g/mol. The molecule has 1 nitrogen and oxygen atoms in total. The van der Waals surface area contributed by atoms with Crippen LogP contribution in [0.2, 0.25) is 0 Å². The molecule has 0 fully saturated rings.